The lowest BCUT2D eigenvalue weighted by molar-refractivity contribution is 0.494. The maximum Gasteiger partial charge on any atom is 0.138 e. The number of rotatable bonds is 1. The molecule has 5 heteroatoms. The van der Waals surface area contributed by atoms with Crippen molar-refractivity contribution in [3.63, 3.8) is 0 Å². The molecular weight excluding hydrogens is 315 g/mol. The molecular formula is C11H11IN4. The number of fused-ring (bicyclic) bond motifs is 3. The average Bonchev–Trinajstić information content (AvgIpc) is 2.72. The predicted molar refractivity (Wildman–Crippen MR) is 73.4 cm³/mol. The monoisotopic (exact) mass is 326 g/mol. The molecule has 2 aliphatic rings. The minimum Gasteiger partial charge on any atom is -0.328 e. The summed E-state index contributed by atoms with van der Waals surface area (Å²) in [5, 5.41) is 0. The molecule has 0 fully saturated rings. The lowest BCUT2D eigenvalue weighted by Gasteiger charge is -2.26. The zero-order valence-corrected chi connectivity index (χ0v) is 10.8. The second kappa shape index (κ2) is 3.81. The van der Waals surface area contributed by atoms with Gasteiger partial charge in [-0.1, -0.05) is 0 Å². The maximum atomic E-state index is 5.71. The predicted octanol–water partition coefficient (Wildman–Crippen LogP) is 1.35. The van der Waals surface area contributed by atoms with Crippen LogP contribution in [-0.2, 0) is 0 Å². The summed E-state index contributed by atoms with van der Waals surface area (Å²) < 4.78 is 1.20. The number of amidine groups is 1. The summed E-state index contributed by atoms with van der Waals surface area (Å²) in [7, 11) is 0. The standard InChI is InChI=1S/C11H11IN4/c12-7-1-2-10-9(3-7)11-14-5-8(4-13)16(11)6-15-10/h1-3,6,8H,4-5,13H2. The number of aliphatic imine (C=N–C) groups is 2. The zero-order valence-electron chi connectivity index (χ0n) is 8.60. The van der Waals surface area contributed by atoms with Gasteiger partial charge in [0.05, 0.1) is 24.6 Å². The lowest BCUT2D eigenvalue weighted by atomic mass is 10.1. The third-order valence-electron chi connectivity index (χ3n) is 2.88. The first-order valence-corrected chi connectivity index (χ1v) is 6.24. The Bertz CT molecular complexity index is 495. The van der Waals surface area contributed by atoms with E-state index in [2.05, 4.69) is 49.6 Å². The Labute approximate surface area is 107 Å². The highest BCUT2D eigenvalue weighted by molar-refractivity contribution is 14.1. The molecule has 2 aliphatic heterocycles. The Morgan fingerprint density at radius 1 is 1.50 bits per heavy atom. The molecule has 1 aromatic rings. The summed E-state index contributed by atoms with van der Waals surface area (Å²) in [6.45, 7) is 1.38. The summed E-state index contributed by atoms with van der Waals surface area (Å²) in [6.07, 6.45) is 1.85. The van der Waals surface area contributed by atoms with Crippen LogP contribution in [0, 0.1) is 3.57 Å². The highest BCUT2D eigenvalue weighted by Gasteiger charge is 2.30. The number of halogens is 1. The SMILES string of the molecule is NCC1CN=C2c3cc(I)ccc3N=CN21. The van der Waals surface area contributed by atoms with Crippen LogP contribution in [0.5, 0.6) is 0 Å². The van der Waals surface area contributed by atoms with Crippen LogP contribution < -0.4 is 5.73 Å². The molecule has 2 heterocycles. The Kier molecular flexibility index (Phi) is 2.44. The van der Waals surface area contributed by atoms with Crippen LogP contribution in [0.2, 0.25) is 0 Å². The van der Waals surface area contributed by atoms with E-state index in [1.165, 1.54) is 3.57 Å². The van der Waals surface area contributed by atoms with E-state index >= 15 is 0 Å². The van der Waals surface area contributed by atoms with Crippen LogP contribution in [0.15, 0.2) is 28.2 Å². The minimum atomic E-state index is 0.268. The normalized spacial score (nSPS) is 21.8. The van der Waals surface area contributed by atoms with Gasteiger partial charge in [-0.15, -0.1) is 0 Å². The molecule has 0 aliphatic carbocycles. The van der Waals surface area contributed by atoms with Crippen molar-refractivity contribution >= 4 is 40.5 Å². The van der Waals surface area contributed by atoms with E-state index in [9.17, 15) is 0 Å². The average molecular weight is 326 g/mol. The van der Waals surface area contributed by atoms with E-state index in [0.29, 0.717) is 6.54 Å². The summed E-state index contributed by atoms with van der Waals surface area (Å²) in [5.41, 5.74) is 7.82. The molecule has 1 aromatic carbocycles. The summed E-state index contributed by atoms with van der Waals surface area (Å²) in [4.78, 5) is 11.1. The van der Waals surface area contributed by atoms with Crippen molar-refractivity contribution in [2.75, 3.05) is 13.1 Å². The Hall–Kier alpha value is -0.950. The van der Waals surface area contributed by atoms with Gasteiger partial charge in [0.1, 0.15) is 5.84 Å². The van der Waals surface area contributed by atoms with Crippen LogP contribution in [0.1, 0.15) is 5.56 Å². The quantitative estimate of drug-likeness (QED) is 0.792. The molecule has 0 saturated heterocycles. The Morgan fingerprint density at radius 2 is 2.38 bits per heavy atom. The first-order valence-electron chi connectivity index (χ1n) is 5.16. The van der Waals surface area contributed by atoms with E-state index < -0.39 is 0 Å². The van der Waals surface area contributed by atoms with Gasteiger partial charge in [0.25, 0.3) is 0 Å². The largest absolute Gasteiger partial charge is 0.328 e. The molecule has 0 aromatic heterocycles. The van der Waals surface area contributed by atoms with Crippen LogP contribution in [-0.4, -0.2) is 36.2 Å². The fourth-order valence-electron chi connectivity index (χ4n) is 2.02. The van der Waals surface area contributed by atoms with Gasteiger partial charge in [-0.2, -0.15) is 0 Å². The summed E-state index contributed by atoms with van der Waals surface area (Å²) >= 11 is 2.30. The fourth-order valence-corrected chi connectivity index (χ4v) is 2.51. The number of benzene rings is 1. The zero-order chi connectivity index (χ0) is 11.1. The smallest absolute Gasteiger partial charge is 0.138 e. The van der Waals surface area contributed by atoms with Crippen LogP contribution >= 0.6 is 22.6 Å². The molecule has 0 bridgehead atoms. The van der Waals surface area contributed by atoms with Gasteiger partial charge < -0.3 is 10.6 Å². The molecule has 4 nitrogen and oxygen atoms in total. The third-order valence-corrected chi connectivity index (χ3v) is 3.55. The van der Waals surface area contributed by atoms with Gasteiger partial charge in [-0.3, -0.25) is 4.99 Å². The van der Waals surface area contributed by atoms with Crippen LogP contribution in [0.3, 0.4) is 0 Å². The molecule has 2 N–H and O–H groups in total. The van der Waals surface area contributed by atoms with Crippen LogP contribution in [0.25, 0.3) is 0 Å². The number of hydrogen-bond acceptors (Lipinski definition) is 4. The fraction of sp³-hybridized carbons (Fsp3) is 0.273. The van der Waals surface area contributed by atoms with Crippen molar-refractivity contribution in [2.24, 2.45) is 15.7 Å². The third kappa shape index (κ3) is 1.46. The molecule has 0 spiro atoms. The Balaban J connectivity index is 2.09. The van der Waals surface area contributed by atoms with Crippen molar-refractivity contribution in [1.82, 2.24) is 4.90 Å². The van der Waals surface area contributed by atoms with E-state index in [-0.39, 0.29) is 6.04 Å². The lowest BCUT2D eigenvalue weighted by Crippen LogP contribution is -2.41. The molecule has 16 heavy (non-hydrogen) atoms. The van der Waals surface area contributed by atoms with Gasteiger partial charge in [-0.05, 0) is 40.8 Å². The highest BCUT2D eigenvalue weighted by atomic mass is 127. The van der Waals surface area contributed by atoms with Crippen molar-refractivity contribution in [3.05, 3.63) is 27.3 Å². The van der Waals surface area contributed by atoms with Crippen molar-refractivity contribution in [2.45, 2.75) is 6.04 Å². The van der Waals surface area contributed by atoms with Gasteiger partial charge in [-0.25, -0.2) is 4.99 Å². The van der Waals surface area contributed by atoms with Crippen LogP contribution in [0.4, 0.5) is 5.69 Å². The number of hydrogen-bond donors (Lipinski definition) is 1. The minimum absolute atomic E-state index is 0.268. The van der Waals surface area contributed by atoms with E-state index in [4.69, 9.17) is 5.73 Å². The molecule has 1 atom stereocenters. The number of nitrogens with two attached hydrogens (primary N) is 1. The van der Waals surface area contributed by atoms with E-state index in [1.807, 2.05) is 12.4 Å². The first-order chi connectivity index (χ1) is 7.79. The van der Waals surface area contributed by atoms with Gasteiger partial charge in [0.15, 0.2) is 0 Å². The van der Waals surface area contributed by atoms with Crippen molar-refractivity contribution in [3.8, 4) is 0 Å². The molecule has 82 valence electrons. The molecule has 0 radical (unpaired) electrons. The summed E-state index contributed by atoms with van der Waals surface area (Å²) in [5.74, 6) is 1.01. The van der Waals surface area contributed by atoms with E-state index in [1.54, 1.807) is 0 Å². The van der Waals surface area contributed by atoms with Gasteiger partial charge in [0, 0.05) is 15.7 Å². The molecule has 0 saturated carbocycles. The van der Waals surface area contributed by atoms with Crippen molar-refractivity contribution in [1.29, 1.82) is 0 Å². The Morgan fingerprint density at radius 3 is 3.19 bits per heavy atom. The molecule has 3 rings (SSSR count). The number of nitrogens with zero attached hydrogens (tertiary/aromatic N) is 3. The van der Waals surface area contributed by atoms with E-state index in [0.717, 1.165) is 23.6 Å². The second-order valence-corrected chi connectivity index (χ2v) is 5.11. The molecule has 0 amide bonds. The summed E-state index contributed by atoms with van der Waals surface area (Å²) in [6, 6.07) is 6.48. The molecule has 1 unspecified atom stereocenters. The highest BCUT2D eigenvalue weighted by Crippen LogP contribution is 2.29. The van der Waals surface area contributed by atoms with Crippen molar-refractivity contribution < 1.29 is 0 Å². The topological polar surface area (TPSA) is 54.0 Å². The van der Waals surface area contributed by atoms with Gasteiger partial charge >= 0.3 is 0 Å². The second-order valence-electron chi connectivity index (χ2n) is 3.87. The maximum absolute atomic E-state index is 5.71. The first kappa shape index (κ1) is 10.2. The van der Waals surface area contributed by atoms with Gasteiger partial charge in [0.2, 0.25) is 0 Å².